The van der Waals surface area contributed by atoms with Gasteiger partial charge in [-0.2, -0.15) is 9.78 Å². The molecule has 1 heterocycles. The molecular formula is C23H17N3O3. The molecule has 6 nitrogen and oxygen atoms in total. The number of ketones is 1. The van der Waals surface area contributed by atoms with Gasteiger partial charge in [0, 0.05) is 16.6 Å². The number of hydrogen-bond donors (Lipinski definition) is 1. The Hall–Kier alpha value is -4.06. The first kappa shape index (κ1) is 18.3. The van der Waals surface area contributed by atoms with Gasteiger partial charge in [-0.15, -0.1) is 0 Å². The second-order valence-electron chi connectivity index (χ2n) is 6.53. The minimum absolute atomic E-state index is 0.0505. The minimum atomic E-state index is -0.443. The third-order valence-corrected chi connectivity index (χ3v) is 4.57. The Labute approximate surface area is 166 Å². The fourth-order valence-electron chi connectivity index (χ4n) is 3.08. The predicted octanol–water partition coefficient (Wildman–Crippen LogP) is 3.84. The smallest absolute Gasteiger partial charge is 0.279 e. The number of fused-ring (bicyclic) bond motifs is 1. The maximum absolute atomic E-state index is 13.0. The first-order valence-corrected chi connectivity index (χ1v) is 9.04. The molecule has 1 aromatic heterocycles. The van der Waals surface area contributed by atoms with E-state index in [9.17, 15) is 14.4 Å². The van der Waals surface area contributed by atoms with Gasteiger partial charge in [0.05, 0.1) is 11.1 Å². The Morgan fingerprint density at radius 1 is 0.828 bits per heavy atom. The molecule has 1 N–H and O–H groups in total. The van der Waals surface area contributed by atoms with Crippen LogP contribution in [0.5, 0.6) is 0 Å². The maximum atomic E-state index is 13.0. The summed E-state index contributed by atoms with van der Waals surface area (Å²) in [5, 5.41) is 8.02. The second-order valence-corrected chi connectivity index (χ2v) is 6.53. The Morgan fingerprint density at radius 2 is 1.45 bits per heavy atom. The largest absolute Gasteiger partial charge is 0.321 e. The van der Waals surface area contributed by atoms with Crippen molar-refractivity contribution in [2.45, 2.75) is 6.92 Å². The summed E-state index contributed by atoms with van der Waals surface area (Å²) in [6.45, 7) is 1.48. The van der Waals surface area contributed by atoms with Gasteiger partial charge in [0.1, 0.15) is 0 Å². The van der Waals surface area contributed by atoms with Gasteiger partial charge in [-0.1, -0.05) is 36.4 Å². The lowest BCUT2D eigenvalue weighted by atomic mass is 10.1. The van der Waals surface area contributed by atoms with Crippen LogP contribution in [0.1, 0.15) is 27.8 Å². The van der Waals surface area contributed by atoms with Crippen LogP contribution in [0, 0.1) is 0 Å². The van der Waals surface area contributed by atoms with E-state index in [1.54, 1.807) is 72.8 Å². The average Bonchev–Trinajstić information content (AvgIpc) is 2.75. The van der Waals surface area contributed by atoms with Gasteiger partial charge in [-0.3, -0.25) is 14.4 Å². The van der Waals surface area contributed by atoms with E-state index in [4.69, 9.17) is 0 Å². The van der Waals surface area contributed by atoms with Crippen LogP contribution < -0.4 is 10.9 Å². The van der Waals surface area contributed by atoms with Gasteiger partial charge in [0.15, 0.2) is 11.5 Å². The number of para-hydroxylation sites is 1. The summed E-state index contributed by atoms with van der Waals surface area (Å²) in [6, 6.07) is 22.4. The monoisotopic (exact) mass is 383 g/mol. The molecule has 0 aliphatic rings. The van der Waals surface area contributed by atoms with Crippen molar-refractivity contribution in [2.75, 3.05) is 5.32 Å². The van der Waals surface area contributed by atoms with E-state index < -0.39 is 5.91 Å². The fraction of sp³-hybridized carbons (Fsp3) is 0.0435. The fourth-order valence-corrected chi connectivity index (χ4v) is 3.08. The summed E-state index contributed by atoms with van der Waals surface area (Å²) < 4.78 is 1.23. The number of Topliss-reactive ketones (excluding diaryl/α,β-unsaturated/α-hetero) is 1. The van der Waals surface area contributed by atoms with E-state index >= 15 is 0 Å². The second kappa shape index (κ2) is 7.52. The lowest BCUT2D eigenvalue weighted by Gasteiger charge is -2.11. The first-order chi connectivity index (χ1) is 14.0. The molecule has 0 spiro atoms. The number of rotatable bonds is 4. The SMILES string of the molecule is CC(=O)c1ccc(NC(=O)c2nn(-c3ccccc3)c(=O)c3ccccc23)cc1. The zero-order valence-corrected chi connectivity index (χ0v) is 15.6. The van der Waals surface area contributed by atoms with Gasteiger partial charge >= 0.3 is 0 Å². The lowest BCUT2D eigenvalue weighted by Crippen LogP contribution is -2.26. The van der Waals surface area contributed by atoms with E-state index in [0.29, 0.717) is 27.7 Å². The number of nitrogens with one attached hydrogen (secondary N) is 1. The number of aromatic nitrogens is 2. The van der Waals surface area contributed by atoms with Crippen molar-refractivity contribution in [3.63, 3.8) is 0 Å². The van der Waals surface area contributed by atoms with Crippen molar-refractivity contribution in [3.8, 4) is 5.69 Å². The van der Waals surface area contributed by atoms with Crippen LogP contribution in [-0.2, 0) is 0 Å². The quantitative estimate of drug-likeness (QED) is 0.543. The molecular weight excluding hydrogens is 366 g/mol. The van der Waals surface area contributed by atoms with Crippen molar-refractivity contribution in [2.24, 2.45) is 0 Å². The molecule has 3 aromatic carbocycles. The van der Waals surface area contributed by atoms with E-state index in [0.717, 1.165) is 0 Å². The highest BCUT2D eigenvalue weighted by Gasteiger charge is 2.17. The van der Waals surface area contributed by atoms with Crippen molar-refractivity contribution in [3.05, 3.63) is 100 Å². The van der Waals surface area contributed by atoms with Crippen LogP contribution in [-0.4, -0.2) is 21.5 Å². The van der Waals surface area contributed by atoms with E-state index in [1.165, 1.54) is 11.6 Å². The standard InChI is InChI=1S/C23H17N3O3/c1-15(27)16-11-13-17(14-12-16)24-22(28)21-19-9-5-6-10-20(19)23(29)26(25-21)18-7-3-2-4-8-18/h2-14H,1H3,(H,24,28). The highest BCUT2D eigenvalue weighted by Crippen LogP contribution is 2.17. The van der Waals surface area contributed by atoms with Crippen LogP contribution in [0.25, 0.3) is 16.5 Å². The zero-order valence-electron chi connectivity index (χ0n) is 15.6. The number of benzene rings is 3. The van der Waals surface area contributed by atoms with Gasteiger partial charge in [0.2, 0.25) is 0 Å². The molecule has 0 unspecified atom stereocenters. The summed E-state index contributed by atoms with van der Waals surface area (Å²) in [6.07, 6.45) is 0. The van der Waals surface area contributed by atoms with Crippen molar-refractivity contribution in [1.82, 2.24) is 9.78 Å². The average molecular weight is 383 g/mol. The molecule has 0 atom stereocenters. The van der Waals surface area contributed by atoms with Crippen molar-refractivity contribution in [1.29, 1.82) is 0 Å². The third kappa shape index (κ3) is 3.55. The number of anilines is 1. The summed E-state index contributed by atoms with van der Waals surface area (Å²) >= 11 is 0. The molecule has 0 aliphatic heterocycles. The van der Waals surface area contributed by atoms with Crippen LogP contribution in [0.4, 0.5) is 5.69 Å². The molecule has 0 saturated heterocycles. The molecule has 142 valence electrons. The molecule has 0 aliphatic carbocycles. The molecule has 0 saturated carbocycles. The number of carbonyl (C=O) groups is 2. The van der Waals surface area contributed by atoms with Gasteiger partial charge in [0.25, 0.3) is 11.5 Å². The van der Waals surface area contributed by atoms with Crippen molar-refractivity contribution < 1.29 is 9.59 Å². The summed E-state index contributed by atoms with van der Waals surface area (Å²) in [7, 11) is 0. The molecule has 1 amide bonds. The Bertz CT molecular complexity index is 1280. The highest BCUT2D eigenvalue weighted by molar-refractivity contribution is 6.11. The molecule has 6 heteroatoms. The molecule has 4 rings (SSSR count). The number of nitrogens with zero attached hydrogens (tertiary/aromatic N) is 2. The van der Waals surface area contributed by atoms with Gasteiger partial charge in [-0.05, 0) is 49.4 Å². The van der Waals surface area contributed by atoms with Crippen LogP contribution in [0.15, 0.2) is 83.7 Å². The Balaban J connectivity index is 1.80. The first-order valence-electron chi connectivity index (χ1n) is 9.04. The zero-order chi connectivity index (χ0) is 20.4. The van der Waals surface area contributed by atoms with Crippen molar-refractivity contribution >= 4 is 28.2 Å². The molecule has 29 heavy (non-hydrogen) atoms. The van der Waals surface area contributed by atoms with E-state index in [2.05, 4.69) is 10.4 Å². The summed E-state index contributed by atoms with van der Waals surface area (Å²) in [4.78, 5) is 37.3. The van der Waals surface area contributed by atoms with Gasteiger partial charge < -0.3 is 5.32 Å². The normalized spacial score (nSPS) is 10.7. The number of amides is 1. The molecule has 0 fully saturated rings. The molecule has 4 aromatic rings. The molecule has 0 bridgehead atoms. The molecule has 0 radical (unpaired) electrons. The Kier molecular flexibility index (Phi) is 4.75. The summed E-state index contributed by atoms with van der Waals surface area (Å²) in [5.74, 6) is -0.494. The third-order valence-electron chi connectivity index (χ3n) is 4.57. The minimum Gasteiger partial charge on any atom is -0.321 e. The predicted molar refractivity (Wildman–Crippen MR) is 112 cm³/mol. The van der Waals surface area contributed by atoms with E-state index in [1.807, 2.05) is 6.07 Å². The van der Waals surface area contributed by atoms with E-state index in [-0.39, 0.29) is 17.0 Å². The summed E-state index contributed by atoms with van der Waals surface area (Å²) in [5.41, 5.74) is 1.50. The topological polar surface area (TPSA) is 81.1 Å². The number of carbonyl (C=O) groups excluding carboxylic acids is 2. The highest BCUT2D eigenvalue weighted by atomic mass is 16.2. The van der Waals surface area contributed by atoms with Crippen LogP contribution >= 0.6 is 0 Å². The van der Waals surface area contributed by atoms with Crippen LogP contribution in [0.2, 0.25) is 0 Å². The van der Waals surface area contributed by atoms with Gasteiger partial charge in [-0.25, -0.2) is 0 Å². The lowest BCUT2D eigenvalue weighted by molar-refractivity contribution is 0.101. The van der Waals surface area contributed by atoms with Crippen LogP contribution in [0.3, 0.4) is 0 Å². The number of hydrogen-bond acceptors (Lipinski definition) is 4. The Morgan fingerprint density at radius 3 is 2.10 bits per heavy atom. The maximum Gasteiger partial charge on any atom is 0.279 e.